The van der Waals surface area contributed by atoms with Gasteiger partial charge >= 0.3 is 5.97 Å². The highest BCUT2D eigenvalue weighted by atomic mass is 16.5. The molecular weight excluding hydrogens is 204 g/mol. The van der Waals surface area contributed by atoms with Crippen LogP contribution >= 0.6 is 0 Å². The van der Waals surface area contributed by atoms with E-state index in [1.807, 2.05) is 30.4 Å². The number of unbranched alkanes of at least 4 members (excludes halogenated alkanes) is 1. The number of allylic oxidation sites excluding steroid dienone is 4. The highest BCUT2D eigenvalue weighted by Crippen LogP contribution is 2.06. The molecule has 0 radical (unpaired) electrons. The van der Waals surface area contributed by atoms with Crippen molar-refractivity contribution in [2.24, 2.45) is 0 Å². The predicted molar refractivity (Wildman–Crippen MR) is 62.9 cm³/mol. The molecule has 3 nitrogen and oxygen atoms in total. The van der Waals surface area contributed by atoms with E-state index >= 15 is 0 Å². The van der Waals surface area contributed by atoms with Gasteiger partial charge in [0.25, 0.3) is 0 Å². The Morgan fingerprint density at radius 2 is 2.25 bits per heavy atom. The lowest BCUT2D eigenvalue weighted by Gasteiger charge is -2.04. The second-order valence-electron chi connectivity index (χ2n) is 3.65. The quantitative estimate of drug-likeness (QED) is 0.553. The Balaban J connectivity index is 2.20. The molecule has 0 unspecified atom stereocenters. The van der Waals surface area contributed by atoms with E-state index in [0.717, 1.165) is 12.0 Å². The minimum absolute atomic E-state index is 0.131. The highest BCUT2D eigenvalue weighted by Gasteiger charge is 2.03. The molecule has 0 aromatic heterocycles. The Labute approximate surface area is 96.1 Å². The molecule has 0 aromatic carbocycles. The second-order valence-corrected chi connectivity index (χ2v) is 3.65. The molecule has 0 aromatic rings. The lowest BCUT2D eigenvalue weighted by atomic mass is 10.2. The Morgan fingerprint density at radius 1 is 1.38 bits per heavy atom. The van der Waals surface area contributed by atoms with Crippen LogP contribution in [0.25, 0.3) is 0 Å². The van der Waals surface area contributed by atoms with E-state index < -0.39 is 0 Å². The van der Waals surface area contributed by atoms with Crippen LogP contribution in [0.15, 0.2) is 36.0 Å². The number of carbonyl (C=O) groups is 1. The normalized spacial score (nSPS) is 14.4. The van der Waals surface area contributed by atoms with Gasteiger partial charge in [0.15, 0.2) is 0 Å². The largest absolute Gasteiger partial charge is 0.461 e. The van der Waals surface area contributed by atoms with Crippen molar-refractivity contribution >= 4 is 5.97 Å². The van der Waals surface area contributed by atoms with Crippen LogP contribution in [0.5, 0.6) is 0 Å². The summed E-state index contributed by atoms with van der Waals surface area (Å²) >= 11 is 0. The molecule has 1 N–H and O–H groups in total. The number of rotatable bonds is 6. The molecule has 0 aliphatic heterocycles. The van der Waals surface area contributed by atoms with Crippen molar-refractivity contribution in [2.75, 3.05) is 13.2 Å². The van der Waals surface area contributed by atoms with Crippen LogP contribution in [0.3, 0.4) is 0 Å². The molecule has 0 atom stereocenters. The van der Waals surface area contributed by atoms with Crippen LogP contribution in [0, 0.1) is 0 Å². The van der Waals surface area contributed by atoms with Crippen molar-refractivity contribution in [3.8, 4) is 0 Å². The van der Waals surface area contributed by atoms with Gasteiger partial charge in [0.1, 0.15) is 6.61 Å². The van der Waals surface area contributed by atoms with Gasteiger partial charge in [-0.1, -0.05) is 30.4 Å². The van der Waals surface area contributed by atoms with E-state index in [4.69, 9.17) is 9.84 Å². The van der Waals surface area contributed by atoms with Crippen LogP contribution in [0.1, 0.15) is 25.7 Å². The van der Waals surface area contributed by atoms with Gasteiger partial charge in [0.2, 0.25) is 0 Å². The fraction of sp³-hybridized carbons (Fsp3) is 0.462. The molecule has 0 spiro atoms. The number of hydrogen-bond donors (Lipinski definition) is 1. The van der Waals surface area contributed by atoms with Crippen molar-refractivity contribution in [3.05, 3.63) is 36.0 Å². The Hall–Kier alpha value is -1.35. The number of hydrogen-bond acceptors (Lipinski definition) is 3. The first-order valence-electron chi connectivity index (χ1n) is 5.61. The predicted octanol–water partition coefficient (Wildman–Crippen LogP) is 2.13. The summed E-state index contributed by atoms with van der Waals surface area (Å²) in [5.41, 5.74) is 1.00. The smallest absolute Gasteiger partial charge is 0.306 e. The summed E-state index contributed by atoms with van der Waals surface area (Å²) in [5, 5.41) is 8.57. The van der Waals surface area contributed by atoms with E-state index in [2.05, 4.69) is 0 Å². The standard InChI is InChI=1S/C13H18O3/c14-10-6-5-9-13(15)16-11-12-7-3-1-2-4-8-12/h1,3-4,7-8,14H,2,5-6,9-11H2. The molecule has 0 amide bonds. The topological polar surface area (TPSA) is 46.5 Å². The molecule has 1 aliphatic carbocycles. The van der Waals surface area contributed by atoms with Crippen LogP contribution < -0.4 is 0 Å². The molecule has 0 bridgehead atoms. The molecule has 3 heteroatoms. The third kappa shape index (κ3) is 5.51. The fourth-order valence-corrected chi connectivity index (χ4v) is 1.34. The van der Waals surface area contributed by atoms with Crippen molar-refractivity contribution < 1.29 is 14.6 Å². The van der Waals surface area contributed by atoms with Gasteiger partial charge < -0.3 is 9.84 Å². The van der Waals surface area contributed by atoms with Gasteiger partial charge in [0.05, 0.1) is 0 Å². The fourth-order valence-electron chi connectivity index (χ4n) is 1.34. The van der Waals surface area contributed by atoms with Gasteiger partial charge in [0, 0.05) is 13.0 Å². The van der Waals surface area contributed by atoms with Gasteiger partial charge in [-0.2, -0.15) is 0 Å². The number of carbonyl (C=O) groups excluding carboxylic acids is 1. The molecule has 0 fully saturated rings. The molecule has 1 rings (SSSR count). The van der Waals surface area contributed by atoms with Crippen LogP contribution in [-0.4, -0.2) is 24.3 Å². The molecule has 0 saturated carbocycles. The maximum atomic E-state index is 11.3. The summed E-state index contributed by atoms with van der Waals surface area (Å²) in [5.74, 6) is -0.198. The lowest BCUT2D eigenvalue weighted by Crippen LogP contribution is -2.06. The van der Waals surface area contributed by atoms with Gasteiger partial charge in [-0.15, -0.1) is 0 Å². The lowest BCUT2D eigenvalue weighted by molar-refractivity contribution is -0.142. The first-order chi connectivity index (χ1) is 7.83. The minimum atomic E-state index is -0.198. The van der Waals surface area contributed by atoms with Crippen molar-refractivity contribution in [3.63, 3.8) is 0 Å². The minimum Gasteiger partial charge on any atom is -0.461 e. The molecule has 0 saturated heterocycles. The maximum Gasteiger partial charge on any atom is 0.306 e. The summed E-state index contributed by atoms with van der Waals surface area (Å²) < 4.78 is 5.11. The summed E-state index contributed by atoms with van der Waals surface area (Å²) in [4.78, 5) is 11.3. The summed E-state index contributed by atoms with van der Waals surface area (Å²) in [6.45, 7) is 0.463. The van der Waals surface area contributed by atoms with E-state index in [-0.39, 0.29) is 12.6 Å². The number of esters is 1. The first-order valence-corrected chi connectivity index (χ1v) is 5.61. The zero-order valence-electron chi connectivity index (χ0n) is 9.39. The van der Waals surface area contributed by atoms with E-state index in [9.17, 15) is 4.79 Å². The first kappa shape index (κ1) is 12.7. The van der Waals surface area contributed by atoms with E-state index in [1.54, 1.807) is 0 Å². The molecule has 88 valence electrons. The van der Waals surface area contributed by atoms with Crippen LogP contribution in [0.4, 0.5) is 0 Å². The SMILES string of the molecule is O=C(CCCCO)OCC1=CC=CCC=C1. The average molecular weight is 222 g/mol. The number of ether oxygens (including phenoxy) is 1. The summed E-state index contributed by atoms with van der Waals surface area (Å²) in [7, 11) is 0. The van der Waals surface area contributed by atoms with Gasteiger partial charge in [-0.05, 0) is 24.8 Å². The average Bonchev–Trinajstić information content (AvgIpc) is 2.55. The highest BCUT2D eigenvalue weighted by molar-refractivity contribution is 5.69. The monoisotopic (exact) mass is 222 g/mol. The molecule has 1 aliphatic rings. The van der Waals surface area contributed by atoms with Crippen molar-refractivity contribution in [1.82, 2.24) is 0 Å². The Kier molecular flexibility index (Phi) is 6.26. The third-order valence-corrected chi connectivity index (χ3v) is 2.24. The summed E-state index contributed by atoms with van der Waals surface area (Å²) in [6, 6.07) is 0. The number of aliphatic hydroxyl groups is 1. The maximum absolute atomic E-state index is 11.3. The van der Waals surface area contributed by atoms with Gasteiger partial charge in [-0.3, -0.25) is 4.79 Å². The van der Waals surface area contributed by atoms with Crippen molar-refractivity contribution in [2.45, 2.75) is 25.7 Å². The zero-order valence-corrected chi connectivity index (χ0v) is 9.39. The van der Waals surface area contributed by atoms with Crippen LogP contribution in [0.2, 0.25) is 0 Å². The van der Waals surface area contributed by atoms with Crippen LogP contribution in [-0.2, 0) is 9.53 Å². The van der Waals surface area contributed by atoms with E-state index in [0.29, 0.717) is 25.9 Å². The van der Waals surface area contributed by atoms with E-state index in [1.165, 1.54) is 0 Å². The molecule has 0 heterocycles. The Bertz CT molecular complexity index is 300. The molecule has 16 heavy (non-hydrogen) atoms. The van der Waals surface area contributed by atoms with Gasteiger partial charge in [-0.25, -0.2) is 0 Å². The second kappa shape index (κ2) is 7.88. The zero-order chi connectivity index (χ0) is 11.6. The van der Waals surface area contributed by atoms with Crippen molar-refractivity contribution in [1.29, 1.82) is 0 Å². The molecular formula is C13H18O3. The number of aliphatic hydroxyl groups excluding tert-OH is 1. The Morgan fingerprint density at radius 3 is 3.06 bits per heavy atom. The third-order valence-electron chi connectivity index (χ3n) is 2.24. The summed E-state index contributed by atoms with van der Waals surface area (Å²) in [6.07, 6.45) is 12.6.